The van der Waals surface area contributed by atoms with Crippen molar-refractivity contribution in [3.05, 3.63) is 41.0 Å². The average Bonchev–Trinajstić information content (AvgIpc) is 3.28. The van der Waals surface area contributed by atoms with Crippen LogP contribution in [-0.4, -0.2) is 27.3 Å². The summed E-state index contributed by atoms with van der Waals surface area (Å²) in [5, 5.41) is 13.4. The van der Waals surface area contributed by atoms with Gasteiger partial charge in [0.25, 0.3) is 5.91 Å². The number of carbonyl (C=O) groups is 1. The number of nitrogens with zero attached hydrogens (tertiary/aromatic N) is 3. The van der Waals surface area contributed by atoms with Gasteiger partial charge in [-0.1, -0.05) is 11.3 Å². The van der Waals surface area contributed by atoms with Crippen LogP contribution >= 0.6 is 11.3 Å². The van der Waals surface area contributed by atoms with E-state index in [1.54, 1.807) is 0 Å². The molecular weight excluding hydrogens is 312 g/mol. The fourth-order valence-electron chi connectivity index (χ4n) is 2.78. The number of anilines is 1. The van der Waals surface area contributed by atoms with Crippen molar-refractivity contribution in [3.8, 4) is 0 Å². The van der Waals surface area contributed by atoms with E-state index in [9.17, 15) is 4.79 Å². The van der Waals surface area contributed by atoms with Gasteiger partial charge in [-0.25, -0.2) is 0 Å². The van der Waals surface area contributed by atoms with E-state index in [2.05, 4.69) is 15.5 Å². The molecule has 1 aliphatic heterocycles. The zero-order chi connectivity index (χ0) is 15.8. The van der Waals surface area contributed by atoms with Crippen molar-refractivity contribution in [2.75, 3.05) is 11.9 Å². The van der Waals surface area contributed by atoms with E-state index in [-0.39, 0.29) is 12.0 Å². The molecule has 1 N–H and O–H groups in total. The molecule has 6 nitrogen and oxygen atoms in total. The van der Waals surface area contributed by atoms with Gasteiger partial charge in [0.1, 0.15) is 11.1 Å². The molecule has 1 fully saturated rings. The molecule has 4 rings (SSSR count). The molecule has 7 heteroatoms. The molecule has 0 spiro atoms. The fourth-order valence-corrected chi connectivity index (χ4v) is 3.60. The number of nitrogens with one attached hydrogen (secondary N) is 1. The summed E-state index contributed by atoms with van der Waals surface area (Å²) in [6.07, 6.45) is 4.01. The van der Waals surface area contributed by atoms with Gasteiger partial charge in [-0.05, 0) is 37.1 Å². The minimum absolute atomic E-state index is 0.0267. The Hall–Kier alpha value is -2.25. The molecular formula is C16H16N4O2S. The lowest BCUT2D eigenvalue weighted by molar-refractivity contribution is 0.102. The van der Waals surface area contributed by atoms with Gasteiger partial charge in [0, 0.05) is 36.3 Å². The van der Waals surface area contributed by atoms with Crippen LogP contribution in [-0.2, 0) is 11.8 Å². The summed E-state index contributed by atoms with van der Waals surface area (Å²) in [6, 6.07) is 7.64. The molecule has 1 aliphatic rings. The molecule has 0 aliphatic carbocycles. The highest BCUT2D eigenvalue weighted by Crippen LogP contribution is 2.32. The second kappa shape index (κ2) is 5.75. The van der Waals surface area contributed by atoms with Gasteiger partial charge in [0.05, 0.1) is 0 Å². The van der Waals surface area contributed by atoms with Crippen LogP contribution in [0.2, 0.25) is 0 Å². The Balaban J connectivity index is 1.52. The number of aryl methyl sites for hydroxylation is 1. The smallest absolute Gasteiger partial charge is 0.257 e. The number of amides is 1. The zero-order valence-corrected chi connectivity index (χ0v) is 13.5. The van der Waals surface area contributed by atoms with Crippen molar-refractivity contribution in [1.82, 2.24) is 14.8 Å². The summed E-state index contributed by atoms with van der Waals surface area (Å²) >= 11 is 1.38. The molecule has 118 valence electrons. The van der Waals surface area contributed by atoms with Crippen LogP contribution in [0.25, 0.3) is 10.9 Å². The van der Waals surface area contributed by atoms with Gasteiger partial charge in [0.2, 0.25) is 5.13 Å². The van der Waals surface area contributed by atoms with Crippen molar-refractivity contribution < 1.29 is 9.53 Å². The molecule has 0 radical (unpaired) electrons. The molecule has 1 amide bonds. The Morgan fingerprint density at radius 2 is 2.30 bits per heavy atom. The van der Waals surface area contributed by atoms with E-state index in [1.165, 1.54) is 11.3 Å². The third-order valence-electron chi connectivity index (χ3n) is 4.01. The summed E-state index contributed by atoms with van der Waals surface area (Å²) in [6.45, 7) is 0.767. The first kappa shape index (κ1) is 14.3. The number of hydrogen-bond donors (Lipinski definition) is 1. The topological polar surface area (TPSA) is 69.0 Å². The monoisotopic (exact) mass is 328 g/mol. The molecule has 1 aromatic carbocycles. The lowest BCUT2D eigenvalue weighted by Crippen LogP contribution is -2.11. The molecule has 1 saturated heterocycles. The highest BCUT2D eigenvalue weighted by Gasteiger charge is 2.22. The molecule has 3 aromatic rings. The first-order chi connectivity index (χ1) is 11.2. The Labute approximate surface area is 137 Å². The van der Waals surface area contributed by atoms with E-state index < -0.39 is 0 Å². The van der Waals surface area contributed by atoms with Crippen LogP contribution in [0.5, 0.6) is 0 Å². The van der Waals surface area contributed by atoms with Crippen LogP contribution in [0.1, 0.15) is 34.3 Å². The second-order valence-corrected chi connectivity index (χ2v) is 6.61. The number of carbonyl (C=O) groups excluding carboxylic acids is 1. The maximum atomic E-state index is 12.4. The van der Waals surface area contributed by atoms with Crippen LogP contribution < -0.4 is 5.32 Å². The predicted octanol–water partition coefficient (Wildman–Crippen LogP) is 3.13. The number of rotatable bonds is 3. The second-order valence-electron chi connectivity index (χ2n) is 5.60. The Morgan fingerprint density at radius 3 is 3.13 bits per heavy atom. The van der Waals surface area contributed by atoms with Gasteiger partial charge in [-0.2, -0.15) is 0 Å². The predicted molar refractivity (Wildman–Crippen MR) is 88.7 cm³/mol. The standard InChI is InChI=1S/C16H16N4O2S/c1-20-7-6-10-9-11(4-5-12(10)20)14(21)17-16-19-18-15(23-16)13-3-2-8-22-13/h4-7,9,13H,2-3,8H2,1H3,(H,17,19,21). The van der Waals surface area contributed by atoms with Crippen LogP contribution in [0.15, 0.2) is 30.5 Å². The van der Waals surface area contributed by atoms with Crippen molar-refractivity contribution in [2.45, 2.75) is 18.9 Å². The third kappa shape index (κ3) is 2.73. The molecule has 0 saturated carbocycles. The van der Waals surface area contributed by atoms with E-state index in [0.29, 0.717) is 10.7 Å². The van der Waals surface area contributed by atoms with Gasteiger partial charge in [-0.3, -0.25) is 10.1 Å². The normalized spacial score (nSPS) is 17.7. The van der Waals surface area contributed by atoms with Crippen molar-refractivity contribution in [2.24, 2.45) is 7.05 Å². The van der Waals surface area contributed by atoms with Crippen LogP contribution in [0.4, 0.5) is 5.13 Å². The van der Waals surface area contributed by atoms with Crippen molar-refractivity contribution >= 4 is 33.3 Å². The van der Waals surface area contributed by atoms with E-state index in [4.69, 9.17) is 4.74 Å². The summed E-state index contributed by atoms with van der Waals surface area (Å²) in [7, 11) is 1.98. The average molecular weight is 328 g/mol. The summed E-state index contributed by atoms with van der Waals surface area (Å²) in [5.74, 6) is -0.175. The Bertz CT molecular complexity index is 864. The molecule has 1 atom stereocenters. The third-order valence-corrected chi connectivity index (χ3v) is 4.94. The summed E-state index contributed by atoms with van der Waals surface area (Å²) in [4.78, 5) is 12.4. The van der Waals surface area contributed by atoms with E-state index in [0.717, 1.165) is 35.4 Å². The minimum atomic E-state index is -0.175. The van der Waals surface area contributed by atoms with E-state index >= 15 is 0 Å². The number of ether oxygens (including phenoxy) is 1. The number of hydrogen-bond acceptors (Lipinski definition) is 5. The highest BCUT2D eigenvalue weighted by atomic mass is 32.1. The Kier molecular flexibility index (Phi) is 3.59. The minimum Gasteiger partial charge on any atom is -0.371 e. The van der Waals surface area contributed by atoms with E-state index in [1.807, 2.05) is 42.1 Å². The zero-order valence-electron chi connectivity index (χ0n) is 12.7. The summed E-state index contributed by atoms with van der Waals surface area (Å²) < 4.78 is 7.61. The molecule has 3 heterocycles. The lowest BCUT2D eigenvalue weighted by atomic mass is 10.1. The van der Waals surface area contributed by atoms with Crippen LogP contribution in [0.3, 0.4) is 0 Å². The molecule has 23 heavy (non-hydrogen) atoms. The number of fused-ring (bicyclic) bond motifs is 1. The SMILES string of the molecule is Cn1ccc2cc(C(=O)Nc3nnc(C4CCCO4)s3)ccc21. The van der Waals surface area contributed by atoms with Gasteiger partial charge >= 0.3 is 0 Å². The summed E-state index contributed by atoms with van der Waals surface area (Å²) in [5.41, 5.74) is 1.70. The lowest BCUT2D eigenvalue weighted by Gasteiger charge is -2.03. The largest absolute Gasteiger partial charge is 0.371 e. The maximum absolute atomic E-state index is 12.4. The van der Waals surface area contributed by atoms with Crippen LogP contribution in [0, 0.1) is 0 Å². The quantitative estimate of drug-likeness (QED) is 0.802. The molecule has 1 unspecified atom stereocenters. The maximum Gasteiger partial charge on any atom is 0.257 e. The Morgan fingerprint density at radius 1 is 1.39 bits per heavy atom. The highest BCUT2D eigenvalue weighted by molar-refractivity contribution is 7.15. The van der Waals surface area contributed by atoms with Gasteiger partial charge < -0.3 is 9.30 Å². The molecule has 2 aromatic heterocycles. The first-order valence-corrected chi connectivity index (χ1v) is 8.34. The number of aromatic nitrogens is 3. The molecule has 0 bridgehead atoms. The van der Waals surface area contributed by atoms with Gasteiger partial charge in [-0.15, -0.1) is 10.2 Å². The number of benzene rings is 1. The van der Waals surface area contributed by atoms with Gasteiger partial charge in [0.15, 0.2) is 0 Å². The fraction of sp³-hybridized carbons (Fsp3) is 0.312. The first-order valence-electron chi connectivity index (χ1n) is 7.52. The van der Waals surface area contributed by atoms with Crippen molar-refractivity contribution in [3.63, 3.8) is 0 Å². The van der Waals surface area contributed by atoms with Crippen molar-refractivity contribution in [1.29, 1.82) is 0 Å².